The van der Waals surface area contributed by atoms with Gasteiger partial charge >= 0.3 is 0 Å². The molecule has 17 heavy (non-hydrogen) atoms. The fourth-order valence-corrected chi connectivity index (χ4v) is 1.80. The van der Waals surface area contributed by atoms with Crippen molar-refractivity contribution >= 4 is 5.91 Å². The molecule has 1 aromatic carbocycles. The average Bonchev–Trinajstić information content (AvgIpc) is 2.31. The van der Waals surface area contributed by atoms with Gasteiger partial charge in [-0.15, -0.1) is 0 Å². The molecule has 0 spiro atoms. The summed E-state index contributed by atoms with van der Waals surface area (Å²) in [6.07, 6.45) is 0.955. The minimum atomic E-state index is 0.0837. The van der Waals surface area contributed by atoms with E-state index < -0.39 is 0 Å². The zero-order valence-electron chi connectivity index (χ0n) is 11.0. The largest absolute Gasteiger partial charge is 0.337 e. The molecule has 1 aromatic rings. The molecule has 1 amide bonds. The number of nitrogens with zero attached hydrogens (tertiary/aromatic N) is 1. The van der Waals surface area contributed by atoms with Crippen molar-refractivity contribution in [3.05, 3.63) is 34.9 Å². The van der Waals surface area contributed by atoms with Crippen molar-refractivity contribution in [2.24, 2.45) is 5.73 Å². The molecule has 0 saturated carbocycles. The molecule has 3 heteroatoms. The van der Waals surface area contributed by atoms with Crippen LogP contribution in [0.15, 0.2) is 18.2 Å². The summed E-state index contributed by atoms with van der Waals surface area (Å²) in [7, 11) is 0. The Hall–Kier alpha value is -1.35. The summed E-state index contributed by atoms with van der Waals surface area (Å²) in [5.41, 5.74) is 8.66. The van der Waals surface area contributed by atoms with Crippen molar-refractivity contribution < 1.29 is 4.79 Å². The van der Waals surface area contributed by atoms with Crippen LogP contribution in [0.3, 0.4) is 0 Å². The molecule has 0 aliphatic heterocycles. The topological polar surface area (TPSA) is 46.3 Å². The van der Waals surface area contributed by atoms with E-state index in [0.29, 0.717) is 13.1 Å². The third kappa shape index (κ3) is 3.56. The van der Waals surface area contributed by atoms with Gasteiger partial charge in [-0.1, -0.05) is 13.0 Å². The lowest BCUT2D eigenvalue weighted by Crippen LogP contribution is -2.36. The Morgan fingerprint density at radius 2 is 1.94 bits per heavy atom. The number of hydrogen-bond donors (Lipinski definition) is 1. The first-order valence-corrected chi connectivity index (χ1v) is 6.16. The minimum Gasteiger partial charge on any atom is -0.337 e. The van der Waals surface area contributed by atoms with Crippen molar-refractivity contribution in [1.82, 2.24) is 4.90 Å². The second-order valence-corrected chi connectivity index (χ2v) is 4.38. The van der Waals surface area contributed by atoms with Crippen LogP contribution in [0, 0.1) is 13.8 Å². The Morgan fingerprint density at radius 3 is 2.47 bits per heavy atom. The van der Waals surface area contributed by atoms with E-state index in [2.05, 4.69) is 6.92 Å². The summed E-state index contributed by atoms with van der Waals surface area (Å²) in [4.78, 5) is 14.1. The maximum atomic E-state index is 12.3. The number of rotatable bonds is 5. The maximum Gasteiger partial charge on any atom is 0.253 e. The molecule has 0 aliphatic carbocycles. The molecule has 0 atom stereocenters. The molecule has 0 aliphatic rings. The molecule has 2 N–H and O–H groups in total. The van der Waals surface area contributed by atoms with Gasteiger partial charge in [0.05, 0.1) is 0 Å². The second-order valence-electron chi connectivity index (χ2n) is 4.38. The van der Waals surface area contributed by atoms with Gasteiger partial charge in [0.25, 0.3) is 5.91 Å². The van der Waals surface area contributed by atoms with E-state index in [0.717, 1.165) is 24.1 Å². The van der Waals surface area contributed by atoms with Gasteiger partial charge in [-0.25, -0.2) is 0 Å². The van der Waals surface area contributed by atoms with Crippen molar-refractivity contribution in [1.29, 1.82) is 0 Å². The molecule has 0 saturated heterocycles. The first-order chi connectivity index (χ1) is 8.10. The zero-order chi connectivity index (χ0) is 12.8. The van der Waals surface area contributed by atoms with Crippen LogP contribution in [0.2, 0.25) is 0 Å². The number of amides is 1. The summed E-state index contributed by atoms with van der Waals surface area (Å²) < 4.78 is 0. The third-order valence-electron chi connectivity index (χ3n) is 2.93. The Morgan fingerprint density at radius 1 is 1.24 bits per heavy atom. The fourth-order valence-electron chi connectivity index (χ4n) is 1.80. The van der Waals surface area contributed by atoms with Gasteiger partial charge in [-0.2, -0.15) is 0 Å². The number of carbonyl (C=O) groups excluding carboxylic acids is 1. The van der Waals surface area contributed by atoms with Crippen molar-refractivity contribution in [3.8, 4) is 0 Å². The van der Waals surface area contributed by atoms with E-state index in [1.807, 2.05) is 36.9 Å². The minimum absolute atomic E-state index is 0.0837. The summed E-state index contributed by atoms with van der Waals surface area (Å²) in [6.45, 7) is 8.04. The average molecular weight is 234 g/mol. The number of benzene rings is 1. The van der Waals surface area contributed by atoms with Crippen LogP contribution >= 0.6 is 0 Å². The van der Waals surface area contributed by atoms with Crippen molar-refractivity contribution in [2.75, 3.05) is 19.6 Å². The molecular formula is C14H22N2O. The highest BCUT2D eigenvalue weighted by atomic mass is 16.2. The van der Waals surface area contributed by atoms with Crippen LogP contribution < -0.4 is 5.73 Å². The lowest BCUT2D eigenvalue weighted by atomic mass is 10.1. The van der Waals surface area contributed by atoms with Crippen LogP contribution in [0.1, 0.15) is 34.8 Å². The normalized spacial score (nSPS) is 10.4. The number of hydrogen-bond acceptors (Lipinski definition) is 2. The van der Waals surface area contributed by atoms with Gasteiger partial charge in [-0.05, 0) is 43.5 Å². The molecule has 3 nitrogen and oxygen atoms in total. The standard InChI is InChI=1S/C14H22N2O/c1-4-8-16(9-7-15)14(17)13-6-5-11(2)12(3)10-13/h5-6,10H,4,7-9,15H2,1-3H3. The molecule has 0 radical (unpaired) electrons. The second kappa shape index (κ2) is 6.40. The van der Waals surface area contributed by atoms with E-state index in [-0.39, 0.29) is 5.91 Å². The van der Waals surface area contributed by atoms with Gasteiger partial charge in [-0.3, -0.25) is 4.79 Å². The lowest BCUT2D eigenvalue weighted by Gasteiger charge is -2.21. The van der Waals surface area contributed by atoms with Crippen LogP contribution in [-0.4, -0.2) is 30.4 Å². The SMILES string of the molecule is CCCN(CCN)C(=O)c1ccc(C)c(C)c1. The summed E-state index contributed by atoms with van der Waals surface area (Å²) in [5.74, 6) is 0.0837. The van der Waals surface area contributed by atoms with Crippen molar-refractivity contribution in [3.63, 3.8) is 0 Å². The monoisotopic (exact) mass is 234 g/mol. The van der Waals surface area contributed by atoms with Crippen LogP contribution in [0.5, 0.6) is 0 Å². The fraction of sp³-hybridized carbons (Fsp3) is 0.500. The van der Waals surface area contributed by atoms with Gasteiger partial charge < -0.3 is 10.6 Å². The Kier molecular flexibility index (Phi) is 5.16. The molecule has 0 fully saturated rings. The molecular weight excluding hydrogens is 212 g/mol. The Labute approximate surface area is 104 Å². The molecule has 1 rings (SSSR count). The Bertz CT molecular complexity index is 382. The molecule has 0 unspecified atom stereocenters. The van der Waals surface area contributed by atoms with Gasteiger partial charge in [0.1, 0.15) is 0 Å². The lowest BCUT2D eigenvalue weighted by molar-refractivity contribution is 0.0760. The molecule has 0 aromatic heterocycles. The molecule has 0 bridgehead atoms. The van der Waals surface area contributed by atoms with Crippen molar-refractivity contribution in [2.45, 2.75) is 27.2 Å². The van der Waals surface area contributed by atoms with Crippen LogP contribution in [-0.2, 0) is 0 Å². The predicted octanol–water partition coefficient (Wildman–Crippen LogP) is 2.11. The summed E-state index contributed by atoms with van der Waals surface area (Å²) >= 11 is 0. The first-order valence-electron chi connectivity index (χ1n) is 6.16. The van der Waals surface area contributed by atoms with Gasteiger partial charge in [0.15, 0.2) is 0 Å². The van der Waals surface area contributed by atoms with E-state index in [1.165, 1.54) is 5.56 Å². The summed E-state index contributed by atoms with van der Waals surface area (Å²) in [5, 5.41) is 0. The highest BCUT2D eigenvalue weighted by molar-refractivity contribution is 5.94. The Balaban J connectivity index is 2.88. The smallest absolute Gasteiger partial charge is 0.253 e. The quantitative estimate of drug-likeness (QED) is 0.848. The zero-order valence-corrected chi connectivity index (χ0v) is 11.0. The highest BCUT2D eigenvalue weighted by Gasteiger charge is 2.14. The van der Waals surface area contributed by atoms with E-state index in [4.69, 9.17) is 5.73 Å². The van der Waals surface area contributed by atoms with Crippen LogP contribution in [0.25, 0.3) is 0 Å². The van der Waals surface area contributed by atoms with Gasteiger partial charge in [0, 0.05) is 25.2 Å². The predicted molar refractivity (Wildman–Crippen MR) is 71.2 cm³/mol. The number of aryl methyl sites for hydroxylation is 2. The van der Waals surface area contributed by atoms with Crippen LogP contribution in [0.4, 0.5) is 0 Å². The maximum absolute atomic E-state index is 12.3. The molecule has 0 heterocycles. The summed E-state index contributed by atoms with van der Waals surface area (Å²) in [6, 6.07) is 5.84. The molecule has 94 valence electrons. The highest BCUT2D eigenvalue weighted by Crippen LogP contribution is 2.12. The van der Waals surface area contributed by atoms with E-state index in [9.17, 15) is 4.79 Å². The third-order valence-corrected chi connectivity index (χ3v) is 2.93. The van der Waals surface area contributed by atoms with Gasteiger partial charge in [0.2, 0.25) is 0 Å². The number of carbonyl (C=O) groups is 1. The first kappa shape index (κ1) is 13.7. The number of nitrogens with two attached hydrogens (primary N) is 1. The van der Waals surface area contributed by atoms with E-state index >= 15 is 0 Å². The van der Waals surface area contributed by atoms with E-state index in [1.54, 1.807) is 0 Å².